The summed E-state index contributed by atoms with van der Waals surface area (Å²) < 4.78 is 73.9. The third kappa shape index (κ3) is 5.44. The topological polar surface area (TPSA) is 99.5 Å². The summed E-state index contributed by atoms with van der Waals surface area (Å²) in [5.74, 6) is -0.891. The molecule has 11 heteroatoms. The van der Waals surface area contributed by atoms with Crippen molar-refractivity contribution in [3.63, 3.8) is 0 Å². The molecule has 0 spiro atoms. The first-order valence-electron chi connectivity index (χ1n) is 10.6. The number of carbonyl (C=O) groups is 1. The van der Waals surface area contributed by atoms with Gasteiger partial charge in [0, 0.05) is 19.0 Å². The van der Waals surface area contributed by atoms with Gasteiger partial charge in [0.05, 0.1) is 40.6 Å². The highest BCUT2D eigenvalue weighted by Gasteiger charge is 2.33. The Morgan fingerprint density at radius 2 is 1.88 bits per heavy atom. The molecule has 1 N–H and O–H groups in total. The summed E-state index contributed by atoms with van der Waals surface area (Å²) in [7, 11) is -3.20. The fourth-order valence-corrected chi connectivity index (χ4v) is 5.26. The molecular weight excluding hydrogens is 471 g/mol. The van der Waals surface area contributed by atoms with E-state index in [1.54, 1.807) is 11.8 Å². The Balaban J connectivity index is 2.06. The summed E-state index contributed by atoms with van der Waals surface area (Å²) in [4.78, 5) is 13.5. The molecule has 1 saturated heterocycles. The number of hydrogen-bond donors (Lipinski definition) is 1. The molecule has 0 saturated carbocycles. The normalized spacial score (nSPS) is 15.0. The molecule has 1 fully saturated rings. The number of anilines is 2. The lowest BCUT2D eigenvalue weighted by Gasteiger charge is -2.33. The number of methoxy groups -OCH3 is 1. The third-order valence-electron chi connectivity index (χ3n) is 5.75. The number of rotatable bonds is 6. The van der Waals surface area contributed by atoms with Crippen molar-refractivity contribution in [1.29, 1.82) is 5.26 Å². The van der Waals surface area contributed by atoms with Crippen LogP contribution in [0.25, 0.3) is 0 Å². The minimum Gasteiger partial charge on any atom is -0.465 e. The number of benzene rings is 2. The maximum atomic E-state index is 13.4. The summed E-state index contributed by atoms with van der Waals surface area (Å²) in [6.45, 7) is 2.52. The average molecular weight is 496 g/mol. The highest BCUT2D eigenvalue weighted by atomic mass is 32.2. The van der Waals surface area contributed by atoms with Crippen LogP contribution < -0.4 is 9.62 Å². The number of piperidine rings is 1. The minimum absolute atomic E-state index is 0.00270. The Hall–Kier alpha value is -3.26. The Morgan fingerprint density at radius 3 is 2.44 bits per heavy atom. The summed E-state index contributed by atoms with van der Waals surface area (Å²) in [6.07, 6.45) is -3.32. The Bertz CT molecular complexity index is 1210. The van der Waals surface area contributed by atoms with Crippen LogP contribution in [0.5, 0.6) is 0 Å². The van der Waals surface area contributed by atoms with Gasteiger partial charge in [-0.1, -0.05) is 13.0 Å². The molecule has 0 unspecified atom stereocenters. The number of aryl methyl sites for hydroxylation is 1. The van der Waals surface area contributed by atoms with Gasteiger partial charge in [-0.2, -0.15) is 18.4 Å². The molecule has 3 rings (SSSR count). The van der Waals surface area contributed by atoms with Gasteiger partial charge in [-0.25, -0.2) is 13.2 Å². The van der Waals surface area contributed by atoms with Crippen LogP contribution in [0.2, 0.25) is 0 Å². The van der Waals surface area contributed by atoms with Gasteiger partial charge in [-0.3, -0.25) is 4.72 Å². The molecular formula is C23H24F3N3O4S. The number of nitrogens with zero attached hydrogens (tertiary/aromatic N) is 2. The maximum absolute atomic E-state index is 13.4. The predicted molar refractivity (Wildman–Crippen MR) is 120 cm³/mol. The predicted octanol–water partition coefficient (Wildman–Crippen LogP) is 4.60. The largest absolute Gasteiger partial charge is 0.465 e. The van der Waals surface area contributed by atoms with E-state index in [0.717, 1.165) is 25.3 Å². The highest BCUT2D eigenvalue weighted by molar-refractivity contribution is 7.92. The minimum atomic E-state index is -4.67. The lowest BCUT2D eigenvalue weighted by Crippen LogP contribution is -2.34. The molecule has 182 valence electrons. The van der Waals surface area contributed by atoms with Crippen molar-refractivity contribution in [2.24, 2.45) is 5.92 Å². The summed E-state index contributed by atoms with van der Waals surface area (Å²) >= 11 is 0. The smallest absolute Gasteiger partial charge is 0.416 e. The van der Waals surface area contributed by atoms with E-state index in [1.165, 1.54) is 18.2 Å². The number of nitriles is 1. The zero-order chi connectivity index (χ0) is 25.1. The summed E-state index contributed by atoms with van der Waals surface area (Å²) in [5, 5.41) is 9.12. The Morgan fingerprint density at radius 1 is 1.21 bits per heavy atom. The number of alkyl halides is 3. The summed E-state index contributed by atoms with van der Waals surface area (Å²) in [6, 6.07) is 9.14. The van der Waals surface area contributed by atoms with Crippen molar-refractivity contribution in [1.82, 2.24) is 0 Å². The van der Waals surface area contributed by atoms with Crippen LogP contribution in [-0.2, 0) is 27.4 Å². The molecule has 1 aliphatic rings. The standard InChI is InChI=1S/C23H24F3N3O4S/c1-3-16-4-5-17(22(30)33-2)12-21(16)34(31,32)28-19-13-18(23(24,25)26)6-7-20(19)29-10-8-15(14-27)9-11-29/h4-7,12-13,15,28H,3,8-11H2,1-2H3. The number of ether oxygens (including phenoxy) is 1. The number of carbonyl (C=O) groups excluding carboxylic acids is 1. The van der Waals surface area contributed by atoms with Crippen molar-refractivity contribution >= 4 is 27.4 Å². The fourth-order valence-electron chi connectivity index (χ4n) is 3.86. The van der Waals surface area contributed by atoms with Crippen molar-refractivity contribution in [3.8, 4) is 6.07 Å². The molecule has 0 amide bonds. The average Bonchev–Trinajstić information content (AvgIpc) is 2.82. The molecule has 2 aromatic rings. The second kappa shape index (κ2) is 9.93. The molecule has 0 aromatic heterocycles. The van der Waals surface area contributed by atoms with Gasteiger partial charge in [0.2, 0.25) is 0 Å². The number of halogens is 3. The van der Waals surface area contributed by atoms with E-state index in [2.05, 4.69) is 15.5 Å². The Kier molecular flexibility index (Phi) is 7.41. The van der Waals surface area contributed by atoms with Gasteiger partial charge in [0.15, 0.2) is 0 Å². The lowest BCUT2D eigenvalue weighted by molar-refractivity contribution is -0.137. The first-order valence-corrected chi connectivity index (χ1v) is 12.1. The van der Waals surface area contributed by atoms with E-state index in [4.69, 9.17) is 5.26 Å². The van der Waals surface area contributed by atoms with Crippen molar-refractivity contribution in [3.05, 3.63) is 53.1 Å². The van der Waals surface area contributed by atoms with Crippen molar-refractivity contribution < 1.29 is 31.1 Å². The number of hydrogen-bond acceptors (Lipinski definition) is 6. The maximum Gasteiger partial charge on any atom is 0.416 e. The van der Waals surface area contributed by atoms with Gasteiger partial charge in [-0.05, 0) is 55.2 Å². The van der Waals surface area contributed by atoms with Crippen molar-refractivity contribution in [2.45, 2.75) is 37.3 Å². The SMILES string of the molecule is CCc1ccc(C(=O)OC)cc1S(=O)(=O)Nc1cc(C(F)(F)F)ccc1N1CCC(C#N)CC1. The van der Waals surface area contributed by atoms with Crippen LogP contribution in [0.15, 0.2) is 41.3 Å². The van der Waals surface area contributed by atoms with E-state index in [-0.39, 0.29) is 27.8 Å². The van der Waals surface area contributed by atoms with E-state index < -0.39 is 27.7 Å². The van der Waals surface area contributed by atoms with E-state index in [9.17, 15) is 26.4 Å². The number of nitrogens with one attached hydrogen (secondary N) is 1. The van der Waals surface area contributed by atoms with Crippen LogP contribution in [0, 0.1) is 17.2 Å². The third-order valence-corrected chi connectivity index (χ3v) is 7.19. The molecule has 1 aliphatic heterocycles. The molecule has 0 aliphatic carbocycles. The van der Waals surface area contributed by atoms with Crippen LogP contribution in [-0.4, -0.2) is 34.6 Å². The van der Waals surface area contributed by atoms with E-state index in [1.807, 2.05) is 0 Å². The Labute approximate surface area is 196 Å². The molecule has 0 radical (unpaired) electrons. The zero-order valence-electron chi connectivity index (χ0n) is 18.6. The molecule has 1 heterocycles. The first kappa shape index (κ1) is 25.4. The molecule has 2 aromatic carbocycles. The molecule has 34 heavy (non-hydrogen) atoms. The fraction of sp³-hybridized carbons (Fsp3) is 0.391. The second-order valence-corrected chi connectivity index (χ2v) is 9.54. The van der Waals surface area contributed by atoms with Gasteiger partial charge in [0.1, 0.15) is 0 Å². The zero-order valence-corrected chi connectivity index (χ0v) is 19.5. The monoisotopic (exact) mass is 495 g/mol. The van der Waals surface area contributed by atoms with Gasteiger partial charge < -0.3 is 9.64 Å². The summed E-state index contributed by atoms with van der Waals surface area (Å²) in [5.41, 5.74) is -0.544. The molecule has 0 bridgehead atoms. The van der Waals surface area contributed by atoms with E-state index in [0.29, 0.717) is 37.9 Å². The molecule has 0 atom stereocenters. The van der Waals surface area contributed by atoms with Crippen LogP contribution in [0.4, 0.5) is 24.5 Å². The number of sulfonamides is 1. The van der Waals surface area contributed by atoms with Crippen molar-refractivity contribution in [2.75, 3.05) is 29.8 Å². The van der Waals surface area contributed by atoms with Crippen LogP contribution >= 0.6 is 0 Å². The quantitative estimate of drug-likeness (QED) is 0.589. The highest BCUT2D eigenvalue weighted by Crippen LogP contribution is 2.38. The molecule has 7 nitrogen and oxygen atoms in total. The van der Waals surface area contributed by atoms with Gasteiger partial charge in [0.25, 0.3) is 10.0 Å². The second-order valence-electron chi connectivity index (χ2n) is 7.89. The number of esters is 1. The van der Waals surface area contributed by atoms with Crippen LogP contribution in [0.1, 0.15) is 41.3 Å². The first-order chi connectivity index (χ1) is 16.0. The van der Waals surface area contributed by atoms with E-state index >= 15 is 0 Å². The van der Waals surface area contributed by atoms with Crippen LogP contribution in [0.3, 0.4) is 0 Å². The lowest BCUT2D eigenvalue weighted by atomic mass is 9.98. The van der Waals surface area contributed by atoms with Gasteiger partial charge in [-0.15, -0.1) is 0 Å². The van der Waals surface area contributed by atoms with Gasteiger partial charge >= 0.3 is 12.1 Å².